The molecule has 0 radical (unpaired) electrons. The largest absolute Gasteiger partial charge is 0.465 e. The highest BCUT2D eigenvalue weighted by molar-refractivity contribution is 5.96. The van der Waals surface area contributed by atoms with Crippen molar-refractivity contribution in [3.05, 3.63) is 59.1 Å². The second-order valence-corrected chi connectivity index (χ2v) is 8.73. The molecule has 4 amide bonds. The second kappa shape index (κ2) is 13.7. The van der Waals surface area contributed by atoms with Crippen LogP contribution < -0.4 is 16.4 Å². The van der Waals surface area contributed by atoms with Gasteiger partial charge in [0.25, 0.3) is 5.91 Å². The summed E-state index contributed by atoms with van der Waals surface area (Å²) in [5, 5.41) is 14.8. The lowest BCUT2D eigenvalue weighted by Crippen LogP contribution is -2.45. The molecule has 1 heterocycles. The molecule has 2 aromatic rings. The van der Waals surface area contributed by atoms with Crippen LogP contribution in [0.4, 0.5) is 16.3 Å². The van der Waals surface area contributed by atoms with Gasteiger partial charge in [-0.3, -0.25) is 14.4 Å². The summed E-state index contributed by atoms with van der Waals surface area (Å²) in [6.07, 6.45) is 2.72. The number of benzene rings is 1. The molecule has 204 valence electrons. The Hall–Kier alpha value is -4.48. The van der Waals surface area contributed by atoms with Crippen LogP contribution in [0.2, 0.25) is 0 Å². The number of amides is 4. The third-order valence-electron chi connectivity index (χ3n) is 5.91. The second-order valence-electron chi connectivity index (χ2n) is 8.73. The van der Waals surface area contributed by atoms with Crippen molar-refractivity contribution in [3.63, 3.8) is 0 Å². The van der Waals surface area contributed by atoms with Crippen LogP contribution >= 0.6 is 0 Å². The maximum Gasteiger partial charge on any atom is 0.407 e. The number of carboxylic acid groups (broad SMARTS) is 1. The molecule has 2 rings (SSSR count). The molecule has 38 heavy (non-hydrogen) atoms. The number of nitrogens with two attached hydrogens (primary N) is 1. The fourth-order valence-corrected chi connectivity index (χ4v) is 3.44. The number of nitrogens with one attached hydrogen (secondary N) is 2. The van der Waals surface area contributed by atoms with Crippen LogP contribution in [-0.2, 0) is 22.4 Å². The molecule has 12 heteroatoms. The van der Waals surface area contributed by atoms with Gasteiger partial charge in [-0.25, -0.2) is 14.8 Å². The summed E-state index contributed by atoms with van der Waals surface area (Å²) in [6.45, 7) is 5.75. The first-order valence-electron chi connectivity index (χ1n) is 12.1. The lowest BCUT2D eigenvalue weighted by molar-refractivity contribution is -0.135. The summed E-state index contributed by atoms with van der Waals surface area (Å²) in [5.74, 6) is -1.12. The van der Waals surface area contributed by atoms with Crippen LogP contribution in [0.25, 0.3) is 0 Å². The smallest absolute Gasteiger partial charge is 0.407 e. The zero-order valence-corrected chi connectivity index (χ0v) is 22.3. The standard InChI is InChI=1S/C26H35N7O5/c1-6-20-16(2)29-24(22(31-20)23(27)35)30-19-10-7-9-18(15-19)12-13-28-25(36)17(3)33(5)21(34)11-8-14-32(4)26(37)38/h7-11,15,17H,6,12-14H2,1-5H3,(H2,27,35)(H,28,36)(H,29,30)(H,37,38)/b11-8+/t17-/m0/s1. The first-order valence-corrected chi connectivity index (χ1v) is 12.1. The van der Waals surface area contributed by atoms with E-state index in [0.29, 0.717) is 36.5 Å². The van der Waals surface area contributed by atoms with Crippen molar-refractivity contribution in [2.24, 2.45) is 5.73 Å². The Kier molecular flexibility index (Phi) is 10.7. The minimum absolute atomic E-state index is 0.0590. The summed E-state index contributed by atoms with van der Waals surface area (Å²) in [5.41, 5.74) is 8.60. The van der Waals surface area contributed by atoms with E-state index in [9.17, 15) is 19.2 Å². The van der Waals surface area contributed by atoms with Gasteiger partial charge in [-0.1, -0.05) is 25.1 Å². The Labute approximate surface area is 221 Å². The van der Waals surface area contributed by atoms with E-state index < -0.39 is 23.9 Å². The van der Waals surface area contributed by atoms with Gasteiger partial charge in [0.1, 0.15) is 6.04 Å². The summed E-state index contributed by atoms with van der Waals surface area (Å²) in [4.78, 5) is 58.7. The highest BCUT2D eigenvalue weighted by atomic mass is 16.4. The van der Waals surface area contributed by atoms with Crippen molar-refractivity contribution in [3.8, 4) is 0 Å². The van der Waals surface area contributed by atoms with Gasteiger partial charge in [0.05, 0.1) is 11.4 Å². The topological polar surface area (TPSA) is 171 Å². The molecule has 0 aliphatic rings. The van der Waals surface area contributed by atoms with Crippen LogP contribution in [-0.4, -0.2) is 81.9 Å². The van der Waals surface area contributed by atoms with Gasteiger partial charge >= 0.3 is 6.09 Å². The number of nitrogens with zero attached hydrogens (tertiary/aromatic N) is 4. The fourth-order valence-electron chi connectivity index (χ4n) is 3.44. The number of aryl methyl sites for hydroxylation is 2. The molecule has 0 unspecified atom stereocenters. The Morgan fingerprint density at radius 2 is 1.89 bits per heavy atom. The first-order chi connectivity index (χ1) is 17.9. The zero-order chi connectivity index (χ0) is 28.4. The third kappa shape index (κ3) is 8.29. The molecule has 1 atom stereocenters. The van der Waals surface area contributed by atoms with E-state index in [4.69, 9.17) is 10.8 Å². The van der Waals surface area contributed by atoms with Crippen molar-refractivity contribution in [1.82, 2.24) is 25.1 Å². The fraction of sp³-hybridized carbons (Fsp3) is 0.385. The SMILES string of the molecule is CCc1nc(C(N)=O)c(Nc2cccc(CCNC(=O)[C@H](C)N(C)C(=O)/C=C/CN(C)C(=O)O)c2)nc1C. The molecule has 12 nitrogen and oxygen atoms in total. The lowest BCUT2D eigenvalue weighted by Gasteiger charge is -2.23. The Morgan fingerprint density at radius 1 is 1.18 bits per heavy atom. The molecular weight excluding hydrogens is 490 g/mol. The van der Waals surface area contributed by atoms with Crippen LogP contribution in [0.5, 0.6) is 0 Å². The third-order valence-corrected chi connectivity index (χ3v) is 5.91. The molecule has 0 saturated heterocycles. The van der Waals surface area contributed by atoms with E-state index in [1.807, 2.05) is 38.1 Å². The molecule has 1 aromatic heterocycles. The number of carbonyl (C=O) groups is 4. The molecule has 0 spiro atoms. The normalized spacial score (nSPS) is 11.6. The molecule has 5 N–H and O–H groups in total. The Bertz CT molecular complexity index is 1210. The van der Waals surface area contributed by atoms with Gasteiger partial charge in [0, 0.05) is 38.9 Å². The van der Waals surface area contributed by atoms with Crippen molar-refractivity contribution >= 4 is 35.3 Å². The average Bonchev–Trinajstić information content (AvgIpc) is 2.87. The van der Waals surface area contributed by atoms with E-state index in [1.54, 1.807) is 6.92 Å². The maximum absolute atomic E-state index is 12.6. The van der Waals surface area contributed by atoms with E-state index in [0.717, 1.165) is 10.5 Å². The number of anilines is 2. The first kappa shape index (κ1) is 29.7. The number of hydrogen-bond acceptors (Lipinski definition) is 7. The minimum atomic E-state index is -1.10. The van der Waals surface area contributed by atoms with Gasteiger partial charge in [0.15, 0.2) is 11.5 Å². The number of primary amides is 1. The molecule has 0 bridgehead atoms. The summed E-state index contributed by atoms with van der Waals surface area (Å²) >= 11 is 0. The number of rotatable bonds is 12. The van der Waals surface area contributed by atoms with Gasteiger partial charge in [0.2, 0.25) is 11.8 Å². The number of hydrogen-bond donors (Lipinski definition) is 4. The maximum atomic E-state index is 12.6. The van der Waals surface area contributed by atoms with Crippen molar-refractivity contribution in [1.29, 1.82) is 0 Å². The van der Waals surface area contributed by atoms with Gasteiger partial charge in [-0.15, -0.1) is 0 Å². The monoisotopic (exact) mass is 525 g/mol. The number of likely N-dealkylation sites (N-methyl/N-ethyl adjacent to an activating group) is 2. The quantitative estimate of drug-likeness (QED) is 0.304. The summed E-state index contributed by atoms with van der Waals surface area (Å²) in [6, 6.07) is 6.72. The molecule has 0 saturated carbocycles. The van der Waals surface area contributed by atoms with Crippen molar-refractivity contribution in [2.45, 2.75) is 39.7 Å². The van der Waals surface area contributed by atoms with Gasteiger partial charge < -0.3 is 31.3 Å². The van der Waals surface area contributed by atoms with E-state index in [1.165, 1.54) is 31.1 Å². The molecular formula is C26H35N7O5. The van der Waals surface area contributed by atoms with Gasteiger partial charge in [-0.2, -0.15) is 0 Å². The Balaban J connectivity index is 1.95. The summed E-state index contributed by atoms with van der Waals surface area (Å²) < 4.78 is 0. The zero-order valence-electron chi connectivity index (χ0n) is 22.3. The van der Waals surface area contributed by atoms with Crippen molar-refractivity contribution in [2.75, 3.05) is 32.5 Å². The van der Waals surface area contributed by atoms with E-state index in [2.05, 4.69) is 20.6 Å². The highest BCUT2D eigenvalue weighted by Crippen LogP contribution is 2.20. The molecule has 1 aromatic carbocycles. The van der Waals surface area contributed by atoms with E-state index in [-0.39, 0.29) is 24.0 Å². The summed E-state index contributed by atoms with van der Waals surface area (Å²) in [7, 11) is 2.89. The van der Waals surface area contributed by atoms with Crippen LogP contribution in [0.15, 0.2) is 36.4 Å². The number of aromatic nitrogens is 2. The lowest BCUT2D eigenvalue weighted by atomic mass is 10.1. The van der Waals surface area contributed by atoms with Crippen LogP contribution in [0, 0.1) is 6.92 Å². The predicted molar refractivity (Wildman–Crippen MR) is 143 cm³/mol. The average molecular weight is 526 g/mol. The molecule has 0 fully saturated rings. The van der Waals surface area contributed by atoms with Crippen molar-refractivity contribution < 1.29 is 24.3 Å². The minimum Gasteiger partial charge on any atom is -0.465 e. The predicted octanol–water partition coefficient (Wildman–Crippen LogP) is 1.86. The highest BCUT2D eigenvalue weighted by Gasteiger charge is 2.21. The Morgan fingerprint density at radius 3 is 2.53 bits per heavy atom. The van der Waals surface area contributed by atoms with E-state index >= 15 is 0 Å². The van der Waals surface area contributed by atoms with Crippen LogP contribution in [0.1, 0.15) is 41.3 Å². The van der Waals surface area contributed by atoms with Gasteiger partial charge in [-0.05, 0) is 44.4 Å². The van der Waals surface area contributed by atoms with Crippen LogP contribution in [0.3, 0.4) is 0 Å². The molecule has 0 aliphatic carbocycles. The number of carbonyl (C=O) groups excluding carboxylic acids is 3. The molecule has 0 aliphatic heterocycles.